The van der Waals surface area contributed by atoms with Gasteiger partial charge in [-0.3, -0.25) is 4.79 Å². The highest BCUT2D eigenvalue weighted by Gasteiger charge is 2.20. The van der Waals surface area contributed by atoms with Gasteiger partial charge in [0.25, 0.3) is 0 Å². The molecule has 0 fully saturated rings. The third kappa shape index (κ3) is 1.88. The molecule has 0 saturated heterocycles. The Balaban J connectivity index is 3.00. The van der Waals surface area contributed by atoms with Crippen molar-refractivity contribution in [3.8, 4) is 0 Å². The monoisotopic (exact) mass is 184 g/mol. The van der Waals surface area contributed by atoms with Gasteiger partial charge in [0.15, 0.2) is 10.8 Å². The molecule has 4 heteroatoms. The number of carbonyl (C=O) groups is 1. The van der Waals surface area contributed by atoms with Crippen molar-refractivity contribution in [1.82, 2.24) is 9.36 Å². The maximum Gasteiger partial charge on any atom is 0.189 e. The fourth-order valence-electron chi connectivity index (χ4n) is 0.671. The summed E-state index contributed by atoms with van der Waals surface area (Å²) in [6.45, 7) is 7.59. The van der Waals surface area contributed by atoms with Crippen molar-refractivity contribution in [1.29, 1.82) is 0 Å². The van der Waals surface area contributed by atoms with Crippen LogP contribution in [0.25, 0.3) is 0 Å². The van der Waals surface area contributed by atoms with Gasteiger partial charge >= 0.3 is 0 Å². The molecule has 0 aromatic carbocycles. The molecule has 0 aliphatic heterocycles. The van der Waals surface area contributed by atoms with E-state index in [4.69, 9.17) is 0 Å². The molecular formula is C8H12N2OS. The first-order valence-electron chi connectivity index (χ1n) is 3.76. The summed E-state index contributed by atoms with van der Waals surface area (Å²) in [5, 5.41) is 0.500. The van der Waals surface area contributed by atoms with Crippen LogP contribution in [0.5, 0.6) is 0 Å². The highest BCUT2D eigenvalue weighted by Crippen LogP contribution is 2.20. The van der Waals surface area contributed by atoms with E-state index in [0.717, 1.165) is 5.82 Å². The number of ketones is 1. The summed E-state index contributed by atoms with van der Waals surface area (Å²) >= 11 is 1.17. The standard InChI is InChI=1S/C8H12N2OS/c1-5(11)6-9-7(10-12-6)8(2,3)4/h1-4H3. The minimum absolute atomic E-state index is 0.0111. The smallest absolute Gasteiger partial charge is 0.189 e. The molecule has 0 N–H and O–H groups in total. The Labute approximate surface area is 76.0 Å². The number of carbonyl (C=O) groups excluding carboxylic acids is 1. The zero-order valence-corrected chi connectivity index (χ0v) is 8.53. The topological polar surface area (TPSA) is 42.9 Å². The minimum atomic E-state index is -0.0653. The van der Waals surface area contributed by atoms with Gasteiger partial charge in [-0.1, -0.05) is 20.8 Å². The lowest BCUT2D eigenvalue weighted by molar-refractivity contribution is 0.101. The zero-order chi connectivity index (χ0) is 9.35. The van der Waals surface area contributed by atoms with Gasteiger partial charge in [0.1, 0.15) is 5.82 Å². The summed E-state index contributed by atoms with van der Waals surface area (Å²) < 4.78 is 4.12. The first-order chi connectivity index (χ1) is 5.41. The summed E-state index contributed by atoms with van der Waals surface area (Å²) in [4.78, 5) is 15.0. The number of Topliss-reactive ketones (excluding diaryl/α,β-unsaturated/α-hetero) is 1. The first-order valence-corrected chi connectivity index (χ1v) is 4.54. The van der Waals surface area contributed by atoms with Crippen LogP contribution in [0.1, 0.15) is 43.3 Å². The van der Waals surface area contributed by atoms with E-state index in [9.17, 15) is 4.79 Å². The molecule has 0 aliphatic rings. The Kier molecular flexibility index (Phi) is 2.28. The average Bonchev–Trinajstić information content (AvgIpc) is 2.30. The van der Waals surface area contributed by atoms with Gasteiger partial charge < -0.3 is 0 Å². The molecule has 1 heterocycles. The Bertz CT molecular complexity index is 298. The van der Waals surface area contributed by atoms with E-state index in [0.29, 0.717) is 5.01 Å². The van der Waals surface area contributed by atoms with Crippen LogP contribution >= 0.6 is 11.5 Å². The fourth-order valence-corrected chi connectivity index (χ4v) is 1.41. The minimum Gasteiger partial charge on any atom is -0.292 e. The maximum atomic E-state index is 10.9. The maximum absolute atomic E-state index is 10.9. The van der Waals surface area contributed by atoms with Crippen LogP contribution in [0.2, 0.25) is 0 Å². The summed E-state index contributed by atoms with van der Waals surface area (Å²) in [5.41, 5.74) is -0.0653. The molecule has 0 amide bonds. The second-order valence-electron chi connectivity index (χ2n) is 3.73. The van der Waals surface area contributed by atoms with E-state index >= 15 is 0 Å². The van der Waals surface area contributed by atoms with Gasteiger partial charge in [0, 0.05) is 12.3 Å². The Morgan fingerprint density at radius 2 is 2.00 bits per heavy atom. The Morgan fingerprint density at radius 3 is 2.25 bits per heavy atom. The van der Waals surface area contributed by atoms with Gasteiger partial charge in [-0.15, -0.1) is 0 Å². The van der Waals surface area contributed by atoms with Gasteiger partial charge in [-0.2, -0.15) is 4.37 Å². The Morgan fingerprint density at radius 1 is 1.42 bits per heavy atom. The fraction of sp³-hybridized carbons (Fsp3) is 0.625. The summed E-state index contributed by atoms with van der Waals surface area (Å²) in [5.74, 6) is 0.737. The second-order valence-corrected chi connectivity index (χ2v) is 4.48. The van der Waals surface area contributed by atoms with Crippen LogP contribution < -0.4 is 0 Å². The predicted molar refractivity (Wildman–Crippen MR) is 48.6 cm³/mol. The van der Waals surface area contributed by atoms with E-state index in [1.54, 1.807) is 0 Å². The van der Waals surface area contributed by atoms with Crippen LogP contribution in [0.15, 0.2) is 0 Å². The predicted octanol–water partition coefficient (Wildman–Crippen LogP) is 2.04. The van der Waals surface area contributed by atoms with Gasteiger partial charge in [-0.05, 0) is 11.5 Å². The van der Waals surface area contributed by atoms with Gasteiger partial charge in [-0.25, -0.2) is 4.98 Å². The number of aromatic nitrogens is 2. The molecule has 0 saturated carbocycles. The highest BCUT2D eigenvalue weighted by atomic mass is 32.1. The van der Waals surface area contributed by atoms with Crippen molar-refractivity contribution in [2.24, 2.45) is 0 Å². The van der Waals surface area contributed by atoms with Crippen molar-refractivity contribution in [2.75, 3.05) is 0 Å². The summed E-state index contributed by atoms with van der Waals surface area (Å²) in [6.07, 6.45) is 0. The molecule has 0 bridgehead atoms. The SMILES string of the molecule is CC(=O)c1nc(C(C)(C)C)ns1. The van der Waals surface area contributed by atoms with Crippen molar-refractivity contribution in [3.05, 3.63) is 10.8 Å². The molecule has 0 spiro atoms. The lowest BCUT2D eigenvalue weighted by atomic mass is 9.96. The van der Waals surface area contributed by atoms with Crippen LogP contribution in [0, 0.1) is 0 Å². The zero-order valence-electron chi connectivity index (χ0n) is 7.71. The van der Waals surface area contributed by atoms with Gasteiger partial charge in [0.05, 0.1) is 0 Å². The van der Waals surface area contributed by atoms with E-state index < -0.39 is 0 Å². The average molecular weight is 184 g/mol. The molecule has 0 radical (unpaired) electrons. The Hall–Kier alpha value is -0.770. The molecule has 3 nitrogen and oxygen atoms in total. The third-order valence-electron chi connectivity index (χ3n) is 1.40. The lowest BCUT2D eigenvalue weighted by Crippen LogP contribution is -2.13. The number of nitrogens with zero attached hydrogens (tertiary/aromatic N) is 2. The van der Waals surface area contributed by atoms with Crippen molar-refractivity contribution < 1.29 is 4.79 Å². The number of hydrogen-bond donors (Lipinski definition) is 0. The third-order valence-corrected chi connectivity index (χ3v) is 2.21. The highest BCUT2D eigenvalue weighted by molar-refractivity contribution is 7.07. The van der Waals surface area contributed by atoms with Crippen LogP contribution in [0.3, 0.4) is 0 Å². The van der Waals surface area contributed by atoms with Crippen LogP contribution in [-0.4, -0.2) is 15.1 Å². The summed E-state index contributed by atoms with van der Waals surface area (Å²) in [7, 11) is 0. The second kappa shape index (κ2) is 2.94. The van der Waals surface area contributed by atoms with Crippen molar-refractivity contribution in [3.63, 3.8) is 0 Å². The summed E-state index contributed by atoms with van der Waals surface area (Å²) in [6, 6.07) is 0. The van der Waals surface area contributed by atoms with Crippen molar-refractivity contribution >= 4 is 17.3 Å². The normalized spacial score (nSPS) is 11.7. The van der Waals surface area contributed by atoms with E-state index in [1.807, 2.05) is 20.8 Å². The molecule has 12 heavy (non-hydrogen) atoms. The lowest BCUT2D eigenvalue weighted by Gasteiger charge is -2.11. The number of rotatable bonds is 1. The molecule has 66 valence electrons. The first kappa shape index (κ1) is 9.32. The molecule has 1 aromatic heterocycles. The quantitative estimate of drug-likeness (QED) is 0.627. The van der Waals surface area contributed by atoms with E-state index in [-0.39, 0.29) is 11.2 Å². The molecule has 1 aromatic rings. The van der Waals surface area contributed by atoms with Crippen LogP contribution in [-0.2, 0) is 5.41 Å². The molecular weight excluding hydrogens is 172 g/mol. The number of hydrogen-bond acceptors (Lipinski definition) is 4. The molecule has 0 unspecified atom stereocenters. The molecule has 1 rings (SSSR count). The van der Waals surface area contributed by atoms with Crippen molar-refractivity contribution in [2.45, 2.75) is 33.1 Å². The molecule has 0 atom stereocenters. The largest absolute Gasteiger partial charge is 0.292 e. The molecule has 0 aliphatic carbocycles. The van der Waals surface area contributed by atoms with Crippen LogP contribution in [0.4, 0.5) is 0 Å². The van der Waals surface area contributed by atoms with E-state index in [2.05, 4.69) is 9.36 Å². The van der Waals surface area contributed by atoms with Gasteiger partial charge in [0.2, 0.25) is 0 Å². The van der Waals surface area contributed by atoms with E-state index in [1.165, 1.54) is 18.5 Å².